The Balaban J connectivity index is 1.63. The molecule has 2 aromatic heterocycles. The molecule has 0 fully saturated rings. The van der Waals surface area contributed by atoms with Crippen LogP contribution in [0.4, 0.5) is 0 Å². The molecule has 2 heterocycles. The predicted molar refractivity (Wildman–Crippen MR) is 121 cm³/mol. The van der Waals surface area contributed by atoms with Crippen LogP contribution in [0.2, 0.25) is 0 Å². The highest BCUT2D eigenvalue weighted by atomic mass is 15.0. The molecule has 0 saturated carbocycles. The smallest absolute Gasteiger partial charge is 0.0541 e. The summed E-state index contributed by atoms with van der Waals surface area (Å²) in [6.45, 7) is 1.38. The first-order valence-corrected chi connectivity index (χ1v) is 10.3. The second-order valence-corrected chi connectivity index (χ2v) is 7.18. The molecule has 4 aromatic rings. The van der Waals surface area contributed by atoms with Gasteiger partial charge in [0.2, 0.25) is 0 Å². The largest absolute Gasteiger partial charge is 0.303 e. The summed E-state index contributed by atoms with van der Waals surface area (Å²) in [6.07, 6.45) is 3.67. The van der Waals surface area contributed by atoms with Crippen LogP contribution in [0.3, 0.4) is 0 Å². The highest BCUT2D eigenvalue weighted by Crippen LogP contribution is 2.29. The summed E-state index contributed by atoms with van der Waals surface area (Å²) in [5.74, 6) is 0. The fraction of sp³-hybridized carbons (Fsp3) is 0.154. The Morgan fingerprint density at radius 2 is 0.900 bits per heavy atom. The molecule has 2 N–H and O–H groups in total. The van der Waals surface area contributed by atoms with E-state index in [1.807, 2.05) is 48.8 Å². The van der Waals surface area contributed by atoms with Crippen LogP contribution in [-0.4, -0.2) is 9.97 Å². The van der Waals surface area contributed by atoms with Crippen molar-refractivity contribution in [2.45, 2.75) is 25.2 Å². The second kappa shape index (κ2) is 10.4. The highest BCUT2D eigenvalue weighted by molar-refractivity contribution is 5.28. The Bertz CT molecular complexity index is 907. The van der Waals surface area contributed by atoms with Gasteiger partial charge in [0.05, 0.1) is 23.5 Å². The zero-order valence-electron chi connectivity index (χ0n) is 16.9. The number of nitrogens with one attached hydrogen (secondary N) is 2. The van der Waals surface area contributed by atoms with E-state index in [2.05, 4.69) is 81.3 Å². The quantitative estimate of drug-likeness (QED) is 0.427. The van der Waals surface area contributed by atoms with Crippen molar-refractivity contribution in [3.8, 4) is 0 Å². The van der Waals surface area contributed by atoms with E-state index in [1.165, 1.54) is 11.1 Å². The minimum atomic E-state index is 0.0688. The topological polar surface area (TPSA) is 49.8 Å². The van der Waals surface area contributed by atoms with Gasteiger partial charge in [-0.3, -0.25) is 9.97 Å². The SMILES string of the molecule is c1ccc([C@@H](NCc2ccccn2)[C@H](NCc2ccccn2)c2ccccc2)cc1. The third-order valence-electron chi connectivity index (χ3n) is 5.11. The van der Waals surface area contributed by atoms with E-state index in [4.69, 9.17) is 0 Å². The summed E-state index contributed by atoms with van der Waals surface area (Å²) in [5.41, 5.74) is 4.51. The summed E-state index contributed by atoms with van der Waals surface area (Å²) in [6, 6.07) is 33.3. The standard InChI is InChI=1S/C26H26N4/c1-3-11-21(12-4-1)25(29-19-23-15-7-9-17-27-23)26(22-13-5-2-6-14-22)30-20-24-16-8-10-18-28-24/h1-18,25-26,29-30H,19-20H2/t25-,26-/m1/s1. The van der Waals surface area contributed by atoms with E-state index in [1.54, 1.807) is 0 Å². The summed E-state index contributed by atoms with van der Waals surface area (Å²) in [4.78, 5) is 8.95. The van der Waals surface area contributed by atoms with Gasteiger partial charge >= 0.3 is 0 Å². The molecule has 4 rings (SSSR count). The van der Waals surface area contributed by atoms with E-state index >= 15 is 0 Å². The van der Waals surface area contributed by atoms with Gasteiger partial charge in [-0.25, -0.2) is 0 Å². The number of aromatic nitrogens is 2. The lowest BCUT2D eigenvalue weighted by atomic mass is 9.93. The Morgan fingerprint density at radius 3 is 1.27 bits per heavy atom. The van der Waals surface area contributed by atoms with Crippen LogP contribution < -0.4 is 10.6 Å². The van der Waals surface area contributed by atoms with E-state index in [0.717, 1.165) is 11.4 Å². The van der Waals surface area contributed by atoms with Gasteiger partial charge in [-0.1, -0.05) is 72.8 Å². The van der Waals surface area contributed by atoms with Crippen LogP contribution in [0.25, 0.3) is 0 Å². The molecule has 30 heavy (non-hydrogen) atoms. The van der Waals surface area contributed by atoms with Crippen molar-refractivity contribution in [1.82, 2.24) is 20.6 Å². The lowest BCUT2D eigenvalue weighted by Gasteiger charge is -2.30. The Morgan fingerprint density at radius 1 is 0.500 bits per heavy atom. The molecule has 150 valence electrons. The molecule has 4 nitrogen and oxygen atoms in total. The first-order valence-electron chi connectivity index (χ1n) is 10.3. The average molecular weight is 395 g/mol. The van der Waals surface area contributed by atoms with Crippen molar-refractivity contribution in [3.63, 3.8) is 0 Å². The normalized spacial score (nSPS) is 12.9. The fourth-order valence-corrected chi connectivity index (χ4v) is 3.61. The molecule has 0 radical (unpaired) electrons. The summed E-state index contributed by atoms with van der Waals surface area (Å²) in [7, 11) is 0. The first-order chi connectivity index (χ1) is 14.9. The molecule has 0 aliphatic heterocycles. The number of hydrogen-bond donors (Lipinski definition) is 2. The number of pyridine rings is 2. The van der Waals surface area contributed by atoms with E-state index < -0.39 is 0 Å². The van der Waals surface area contributed by atoms with Crippen molar-refractivity contribution in [1.29, 1.82) is 0 Å². The fourth-order valence-electron chi connectivity index (χ4n) is 3.61. The van der Waals surface area contributed by atoms with Crippen LogP contribution in [0.5, 0.6) is 0 Å². The van der Waals surface area contributed by atoms with Crippen LogP contribution in [0.1, 0.15) is 34.6 Å². The Kier molecular flexibility index (Phi) is 6.94. The van der Waals surface area contributed by atoms with Crippen LogP contribution >= 0.6 is 0 Å². The monoisotopic (exact) mass is 394 g/mol. The Labute approximate surface area is 178 Å². The van der Waals surface area contributed by atoms with Crippen LogP contribution in [0, 0.1) is 0 Å². The summed E-state index contributed by atoms with van der Waals surface area (Å²) in [5, 5.41) is 7.48. The van der Waals surface area contributed by atoms with Gasteiger partial charge in [-0.2, -0.15) is 0 Å². The van der Waals surface area contributed by atoms with Crippen molar-refractivity contribution in [3.05, 3.63) is 132 Å². The van der Waals surface area contributed by atoms with Crippen molar-refractivity contribution >= 4 is 0 Å². The molecule has 4 heteroatoms. The van der Waals surface area contributed by atoms with E-state index in [-0.39, 0.29) is 12.1 Å². The molecule has 0 unspecified atom stereocenters. The lowest BCUT2D eigenvalue weighted by Crippen LogP contribution is -2.35. The van der Waals surface area contributed by atoms with Gasteiger partial charge in [-0.15, -0.1) is 0 Å². The van der Waals surface area contributed by atoms with Gasteiger partial charge in [-0.05, 0) is 35.4 Å². The average Bonchev–Trinajstić information content (AvgIpc) is 2.83. The number of hydrogen-bond acceptors (Lipinski definition) is 4. The maximum Gasteiger partial charge on any atom is 0.0541 e. The third-order valence-corrected chi connectivity index (χ3v) is 5.11. The molecular formula is C26H26N4. The molecule has 0 amide bonds. The number of rotatable bonds is 9. The zero-order chi connectivity index (χ0) is 20.4. The maximum absolute atomic E-state index is 4.48. The number of nitrogens with zero attached hydrogens (tertiary/aromatic N) is 2. The molecule has 0 bridgehead atoms. The van der Waals surface area contributed by atoms with E-state index in [0.29, 0.717) is 13.1 Å². The second-order valence-electron chi connectivity index (χ2n) is 7.18. The minimum absolute atomic E-state index is 0.0688. The van der Waals surface area contributed by atoms with Crippen molar-refractivity contribution in [2.24, 2.45) is 0 Å². The van der Waals surface area contributed by atoms with Gasteiger partial charge in [0.15, 0.2) is 0 Å². The van der Waals surface area contributed by atoms with E-state index in [9.17, 15) is 0 Å². The summed E-state index contributed by atoms with van der Waals surface area (Å²) < 4.78 is 0. The highest BCUT2D eigenvalue weighted by Gasteiger charge is 2.24. The predicted octanol–water partition coefficient (Wildman–Crippen LogP) is 4.84. The van der Waals surface area contributed by atoms with Crippen LogP contribution in [-0.2, 0) is 13.1 Å². The third kappa shape index (κ3) is 5.38. The maximum atomic E-state index is 4.48. The molecule has 0 aliphatic rings. The molecule has 0 aliphatic carbocycles. The van der Waals surface area contributed by atoms with Gasteiger partial charge < -0.3 is 10.6 Å². The van der Waals surface area contributed by atoms with Gasteiger partial charge in [0.25, 0.3) is 0 Å². The minimum Gasteiger partial charge on any atom is -0.303 e. The Hall–Kier alpha value is -3.34. The van der Waals surface area contributed by atoms with Gasteiger partial charge in [0.1, 0.15) is 0 Å². The first kappa shape index (κ1) is 20.0. The van der Waals surface area contributed by atoms with Crippen molar-refractivity contribution in [2.75, 3.05) is 0 Å². The molecule has 0 spiro atoms. The lowest BCUT2D eigenvalue weighted by molar-refractivity contribution is 0.378. The van der Waals surface area contributed by atoms with Crippen molar-refractivity contribution < 1.29 is 0 Å². The summed E-state index contributed by atoms with van der Waals surface area (Å²) >= 11 is 0. The molecule has 2 aromatic carbocycles. The van der Waals surface area contributed by atoms with Gasteiger partial charge in [0, 0.05) is 25.5 Å². The molecular weight excluding hydrogens is 368 g/mol. The van der Waals surface area contributed by atoms with Crippen LogP contribution in [0.15, 0.2) is 109 Å². The zero-order valence-corrected chi connectivity index (χ0v) is 16.9. The number of benzene rings is 2. The molecule has 2 atom stereocenters. The molecule has 0 saturated heterocycles.